The van der Waals surface area contributed by atoms with Crippen LogP contribution in [-0.4, -0.2) is 35.9 Å². The summed E-state index contributed by atoms with van der Waals surface area (Å²) in [5.41, 5.74) is 0.407. The summed E-state index contributed by atoms with van der Waals surface area (Å²) >= 11 is 0. The smallest absolute Gasteiger partial charge is 0.338 e. The number of rotatable bonds is 3. The van der Waals surface area contributed by atoms with Crippen LogP contribution >= 0.6 is 0 Å². The molecule has 2 atom stereocenters. The fourth-order valence-corrected chi connectivity index (χ4v) is 2.38. The standard InChI is InChI=1S/C16H14O5/c17-9-14-13(8-15(18)20-14)21-16(19)12-6-5-10-3-1-2-4-11(10)7-12/h1-7,13-14,17H,8-9H2/t13-,14+/m0/s1. The van der Waals surface area contributed by atoms with Crippen LogP contribution in [0.15, 0.2) is 42.5 Å². The highest BCUT2D eigenvalue weighted by Gasteiger charge is 2.37. The maximum atomic E-state index is 12.1. The summed E-state index contributed by atoms with van der Waals surface area (Å²) in [5.74, 6) is -0.993. The summed E-state index contributed by atoms with van der Waals surface area (Å²) in [7, 11) is 0. The lowest BCUT2D eigenvalue weighted by Crippen LogP contribution is -2.30. The molecular weight excluding hydrogens is 272 g/mol. The molecule has 5 nitrogen and oxygen atoms in total. The summed E-state index contributed by atoms with van der Waals surface area (Å²) in [6.45, 7) is -0.360. The van der Waals surface area contributed by atoms with Crippen LogP contribution in [0.25, 0.3) is 10.8 Å². The summed E-state index contributed by atoms with van der Waals surface area (Å²) in [6.07, 6.45) is -1.53. The number of aliphatic hydroxyl groups is 1. The van der Waals surface area contributed by atoms with Gasteiger partial charge in [0.1, 0.15) is 0 Å². The first kappa shape index (κ1) is 13.6. The number of fused-ring (bicyclic) bond motifs is 1. The van der Waals surface area contributed by atoms with Gasteiger partial charge in [0, 0.05) is 0 Å². The van der Waals surface area contributed by atoms with Gasteiger partial charge in [0.15, 0.2) is 12.2 Å². The van der Waals surface area contributed by atoms with Crippen molar-refractivity contribution in [2.45, 2.75) is 18.6 Å². The number of cyclic esters (lactones) is 1. The minimum Gasteiger partial charge on any atom is -0.456 e. The van der Waals surface area contributed by atoms with Crippen molar-refractivity contribution in [3.63, 3.8) is 0 Å². The van der Waals surface area contributed by atoms with Crippen LogP contribution in [0.2, 0.25) is 0 Å². The molecule has 0 aromatic heterocycles. The van der Waals surface area contributed by atoms with Gasteiger partial charge in [-0.05, 0) is 22.9 Å². The largest absolute Gasteiger partial charge is 0.456 e. The average Bonchev–Trinajstić information content (AvgIpc) is 2.86. The molecule has 0 radical (unpaired) electrons. The van der Waals surface area contributed by atoms with E-state index in [0.29, 0.717) is 5.56 Å². The van der Waals surface area contributed by atoms with E-state index in [1.54, 1.807) is 12.1 Å². The summed E-state index contributed by atoms with van der Waals surface area (Å²) in [6, 6.07) is 12.9. The van der Waals surface area contributed by atoms with E-state index in [1.807, 2.05) is 30.3 Å². The second-order valence-corrected chi connectivity index (χ2v) is 4.92. The fourth-order valence-electron chi connectivity index (χ4n) is 2.38. The maximum Gasteiger partial charge on any atom is 0.338 e. The Morgan fingerprint density at radius 1 is 1.24 bits per heavy atom. The normalized spacial score (nSPS) is 21.3. The van der Waals surface area contributed by atoms with E-state index in [9.17, 15) is 9.59 Å². The number of esters is 2. The van der Waals surface area contributed by atoms with Crippen molar-refractivity contribution in [1.29, 1.82) is 0 Å². The molecule has 1 N–H and O–H groups in total. The average molecular weight is 286 g/mol. The van der Waals surface area contributed by atoms with Gasteiger partial charge in [-0.15, -0.1) is 0 Å². The molecule has 1 aliphatic heterocycles. The van der Waals surface area contributed by atoms with E-state index >= 15 is 0 Å². The lowest BCUT2D eigenvalue weighted by molar-refractivity contribution is -0.143. The van der Waals surface area contributed by atoms with Crippen molar-refractivity contribution in [2.75, 3.05) is 6.61 Å². The highest BCUT2D eigenvalue weighted by atomic mass is 16.6. The highest BCUT2D eigenvalue weighted by Crippen LogP contribution is 2.21. The van der Waals surface area contributed by atoms with Gasteiger partial charge < -0.3 is 14.6 Å². The number of hydrogen-bond acceptors (Lipinski definition) is 5. The van der Waals surface area contributed by atoms with Gasteiger partial charge in [0.2, 0.25) is 0 Å². The Balaban J connectivity index is 1.79. The summed E-state index contributed by atoms with van der Waals surface area (Å²) in [5, 5.41) is 11.1. The molecule has 1 saturated heterocycles. The Morgan fingerprint density at radius 3 is 2.76 bits per heavy atom. The molecule has 3 rings (SSSR count). The van der Waals surface area contributed by atoms with E-state index < -0.39 is 24.1 Å². The molecule has 108 valence electrons. The number of hydrogen-bond donors (Lipinski definition) is 1. The second-order valence-electron chi connectivity index (χ2n) is 4.92. The Morgan fingerprint density at radius 2 is 2.00 bits per heavy atom. The Labute approximate surface area is 121 Å². The van der Waals surface area contributed by atoms with Crippen molar-refractivity contribution in [3.8, 4) is 0 Å². The maximum absolute atomic E-state index is 12.1. The van der Waals surface area contributed by atoms with E-state index in [1.165, 1.54) is 0 Å². The third-order valence-electron chi connectivity index (χ3n) is 3.49. The molecule has 1 aliphatic rings. The molecule has 2 aromatic carbocycles. The molecule has 2 aromatic rings. The fraction of sp³-hybridized carbons (Fsp3) is 0.250. The Kier molecular flexibility index (Phi) is 3.58. The molecule has 5 heteroatoms. The number of carbonyl (C=O) groups excluding carboxylic acids is 2. The predicted molar refractivity (Wildman–Crippen MR) is 74.7 cm³/mol. The molecule has 1 heterocycles. The first-order chi connectivity index (χ1) is 10.2. The van der Waals surface area contributed by atoms with E-state index in [0.717, 1.165) is 10.8 Å². The highest BCUT2D eigenvalue weighted by molar-refractivity contribution is 5.95. The molecular formula is C16H14O5. The summed E-state index contributed by atoms with van der Waals surface area (Å²) in [4.78, 5) is 23.3. The van der Waals surface area contributed by atoms with E-state index in [-0.39, 0.29) is 13.0 Å². The minimum absolute atomic E-state index is 0.0233. The number of benzene rings is 2. The number of carbonyl (C=O) groups is 2. The van der Waals surface area contributed by atoms with Crippen LogP contribution in [0, 0.1) is 0 Å². The van der Waals surface area contributed by atoms with E-state index in [4.69, 9.17) is 14.6 Å². The van der Waals surface area contributed by atoms with Gasteiger partial charge in [-0.1, -0.05) is 30.3 Å². The van der Waals surface area contributed by atoms with Crippen LogP contribution in [-0.2, 0) is 14.3 Å². The molecule has 0 spiro atoms. The van der Waals surface area contributed by atoms with Gasteiger partial charge in [-0.3, -0.25) is 4.79 Å². The monoisotopic (exact) mass is 286 g/mol. The third-order valence-corrected chi connectivity index (χ3v) is 3.49. The SMILES string of the molecule is O=C1C[C@H](OC(=O)c2ccc3ccccc3c2)[C@@H](CO)O1. The zero-order valence-corrected chi connectivity index (χ0v) is 11.2. The van der Waals surface area contributed by atoms with Crippen molar-refractivity contribution >= 4 is 22.7 Å². The van der Waals surface area contributed by atoms with Crippen molar-refractivity contribution < 1.29 is 24.2 Å². The first-order valence-corrected chi connectivity index (χ1v) is 6.67. The van der Waals surface area contributed by atoms with Gasteiger partial charge in [0.25, 0.3) is 0 Å². The lowest BCUT2D eigenvalue weighted by atomic mass is 10.1. The zero-order valence-electron chi connectivity index (χ0n) is 11.2. The molecule has 0 saturated carbocycles. The zero-order chi connectivity index (χ0) is 14.8. The summed E-state index contributed by atoms with van der Waals surface area (Å²) < 4.78 is 10.1. The molecule has 0 aliphatic carbocycles. The van der Waals surface area contributed by atoms with Crippen molar-refractivity contribution in [2.24, 2.45) is 0 Å². The van der Waals surface area contributed by atoms with Crippen LogP contribution in [0.5, 0.6) is 0 Å². The van der Waals surface area contributed by atoms with Crippen LogP contribution in [0.3, 0.4) is 0 Å². The Bertz CT molecular complexity index is 694. The third kappa shape index (κ3) is 2.73. The molecule has 0 unspecified atom stereocenters. The van der Waals surface area contributed by atoms with Crippen molar-refractivity contribution in [1.82, 2.24) is 0 Å². The van der Waals surface area contributed by atoms with Crippen LogP contribution in [0.1, 0.15) is 16.8 Å². The number of aliphatic hydroxyl groups excluding tert-OH is 1. The van der Waals surface area contributed by atoms with E-state index in [2.05, 4.69) is 0 Å². The molecule has 21 heavy (non-hydrogen) atoms. The topological polar surface area (TPSA) is 72.8 Å². The second kappa shape index (κ2) is 5.54. The van der Waals surface area contributed by atoms with Crippen molar-refractivity contribution in [3.05, 3.63) is 48.0 Å². The van der Waals surface area contributed by atoms with Crippen LogP contribution in [0.4, 0.5) is 0 Å². The Hall–Kier alpha value is -2.40. The van der Waals surface area contributed by atoms with Gasteiger partial charge >= 0.3 is 11.9 Å². The molecule has 0 bridgehead atoms. The van der Waals surface area contributed by atoms with Crippen LogP contribution < -0.4 is 0 Å². The minimum atomic E-state index is -0.776. The predicted octanol–water partition coefficient (Wildman–Crippen LogP) is 1.67. The lowest BCUT2D eigenvalue weighted by Gasteiger charge is -2.16. The van der Waals surface area contributed by atoms with Gasteiger partial charge in [0.05, 0.1) is 18.6 Å². The number of ether oxygens (including phenoxy) is 2. The molecule has 0 amide bonds. The van der Waals surface area contributed by atoms with Gasteiger partial charge in [-0.2, -0.15) is 0 Å². The molecule has 1 fully saturated rings. The first-order valence-electron chi connectivity index (χ1n) is 6.67. The quantitative estimate of drug-likeness (QED) is 0.869. The van der Waals surface area contributed by atoms with Gasteiger partial charge in [-0.25, -0.2) is 4.79 Å².